The molecule has 0 bridgehead atoms. The van der Waals surface area contributed by atoms with E-state index in [0.717, 1.165) is 45.2 Å². The third-order valence-corrected chi connectivity index (χ3v) is 4.57. The van der Waals surface area contributed by atoms with Crippen molar-refractivity contribution in [3.63, 3.8) is 0 Å². The highest BCUT2D eigenvalue weighted by molar-refractivity contribution is 5.86. The molecule has 0 aromatic carbocycles. The van der Waals surface area contributed by atoms with E-state index < -0.39 is 0 Å². The van der Waals surface area contributed by atoms with E-state index in [9.17, 15) is 9.59 Å². The van der Waals surface area contributed by atoms with Crippen LogP contribution in [0.1, 0.15) is 64.7 Å². The summed E-state index contributed by atoms with van der Waals surface area (Å²) in [5.41, 5.74) is 0.288. The van der Waals surface area contributed by atoms with Crippen molar-refractivity contribution in [1.29, 1.82) is 0 Å². The van der Waals surface area contributed by atoms with Crippen LogP contribution in [0, 0.1) is 5.41 Å². The molecule has 1 amide bonds. The Bertz CT molecular complexity index is 306. The van der Waals surface area contributed by atoms with Crippen LogP contribution in [0.5, 0.6) is 0 Å². The first kappa shape index (κ1) is 13.6. The summed E-state index contributed by atoms with van der Waals surface area (Å²) in [6.07, 6.45) is 9.00. The van der Waals surface area contributed by atoms with Crippen molar-refractivity contribution in [1.82, 2.24) is 4.90 Å². The Balaban J connectivity index is 1.66. The van der Waals surface area contributed by atoms with E-state index in [1.165, 1.54) is 19.3 Å². The van der Waals surface area contributed by atoms with Gasteiger partial charge in [-0.15, -0.1) is 0 Å². The SMILES string of the molecule is CCCCCCC(=O)N1CCC2(CC1)CC(=O)C2. The van der Waals surface area contributed by atoms with Gasteiger partial charge in [-0.05, 0) is 24.7 Å². The summed E-state index contributed by atoms with van der Waals surface area (Å²) in [5.74, 6) is 0.737. The molecule has 0 radical (unpaired) electrons. The van der Waals surface area contributed by atoms with Gasteiger partial charge in [-0.3, -0.25) is 9.59 Å². The van der Waals surface area contributed by atoms with Crippen LogP contribution < -0.4 is 0 Å². The van der Waals surface area contributed by atoms with Gasteiger partial charge in [0.05, 0.1) is 0 Å². The van der Waals surface area contributed by atoms with E-state index in [0.29, 0.717) is 18.1 Å². The lowest BCUT2D eigenvalue weighted by Gasteiger charge is -2.46. The van der Waals surface area contributed by atoms with Crippen molar-refractivity contribution < 1.29 is 9.59 Å². The van der Waals surface area contributed by atoms with Crippen LogP contribution in [0.2, 0.25) is 0 Å². The fraction of sp³-hybridized carbons (Fsp3) is 0.867. The number of piperidine rings is 1. The lowest BCUT2D eigenvalue weighted by Crippen LogP contribution is -2.48. The number of carbonyl (C=O) groups excluding carboxylic acids is 2. The number of amides is 1. The van der Waals surface area contributed by atoms with Crippen molar-refractivity contribution >= 4 is 11.7 Å². The summed E-state index contributed by atoms with van der Waals surface area (Å²) < 4.78 is 0. The minimum atomic E-state index is 0.288. The van der Waals surface area contributed by atoms with Gasteiger partial charge in [-0.2, -0.15) is 0 Å². The third kappa shape index (κ3) is 3.12. The number of carbonyl (C=O) groups is 2. The van der Waals surface area contributed by atoms with Crippen molar-refractivity contribution in [2.24, 2.45) is 5.41 Å². The molecule has 1 spiro atoms. The number of rotatable bonds is 5. The molecule has 3 heteroatoms. The van der Waals surface area contributed by atoms with E-state index >= 15 is 0 Å². The maximum absolute atomic E-state index is 12.0. The van der Waals surface area contributed by atoms with Crippen LogP contribution in [0.4, 0.5) is 0 Å². The highest BCUT2D eigenvalue weighted by Gasteiger charge is 2.45. The van der Waals surface area contributed by atoms with E-state index in [1.54, 1.807) is 0 Å². The average molecular weight is 251 g/mol. The summed E-state index contributed by atoms with van der Waals surface area (Å²) in [7, 11) is 0. The molecule has 1 aliphatic carbocycles. The zero-order chi connectivity index (χ0) is 13.0. The monoisotopic (exact) mass is 251 g/mol. The summed E-state index contributed by atoms with van der Waals surface area (Å²) in [5, 5.41) is 0. The Morgan fingerprint density at radius 3 is 2.39 bits per heavy atom. The molecule has 0 atom stereocenters. The minimum absolute atomic E-state index is 0.288. The third-order valence-electron chi connectivity index (χ3n) is 4.57. The normalized spacial score (nSPS) is 22.1. The zero-order valence-corrected chi connectivity index (χ0v) is 11.5. The lowest BCUT2D eigenvalue weighted by molar-refractivity contribution is -0.140. The zero-order valence-electron chi connectivity index (χ0n) is 11.5. The van der Waals surface area contributed by atoms with Gasteiger partial charge in [-0.1, -0.05) is 26.2 Å². The Kier molecular flexibility index (Phi) is 4.41. The Hall–Kier alpha value is -0.860. The largest absolute Gasteiger partial charge is 0.343 e. The van der Waals surface area contributed by atoms with Gasteiger partial charge in [0.1, 0.15) is 5.78 Å². The Morgan fingerprint density at radius 1 is 1.17 bits per heavy atom. The molecule has 2 aliphatic rings. The van der Waals surface area contributed by atoms with Crippen molar-refractivity contribution in [2.45, 2.75) is 64.7 Å². The molecule has 3 nitrogen and oxygen atoms in total. The fourth-order valence-electron chi connectivity index (χ4n) is 3.23. The van der Waals surface area contributed by atoms with Gasteiger partial charge in [0, 0.05) is 32.4 Å². The fourth-order valence-corrected chi connectivity index (χ4v) is 3.23. The maximum atomic E-state index is 12.0. The number of nitrogens with zero attached hydrogens (tertiary/aromatic N) is 1. The quantitative estimate of drug-likeness (QED) is 0.704. The number of likely N-dealkylation sites (tertiary alicyclic amines) is 1. The van der Waals surface area contributed by atoms with Crippen LogP contribution in [0.15, 0.2) is 0 Å². The minimum Gasteiger partial charge on any atom is -0.343 e. The molecule has 1 saturated carbocycles. The number of Topliss-reactive ketones (excluding diaryl/α,β-unsaturated/α-hetero) is 1. The Labute approximate surface area is 110 Å². The summed E-state index contributed by atoms with van der Waals surface area (Å²) in [4.78, 5) is 25.1. The predicted molar refractivity (Wildman–Crippen MR) is 71.2 cm³/mol. The first-order chi connectivity index (χ1) is 8.65. The molecule has 2 rings (SSSR count). The van der Waals surface area contributed by atoms with Crippen LogP contribution in [-0.2, 0) is 9.59 Å². The molecule has 0 N–H and O–H groups in total. The summed E-state index contributed by atoms with van der Waals surface area (Å²) in [6, 6.07) is 0. The molecule has 2 fully saturated rings. The molecule has 1 aliphatic heterocycles. The predicted octanol–water partition coefficient (Wildman–Crippen LogP) is 2.93. The molecule has 0 aromatic rings. The van der Waals surface area contributed by atoms with Crippen molar-refractivity contribution in [2.75, 3.05) is 13.1 Å². The van der Waals surface area contributed by atoms with Gasteiger partial charge in [-0.25, -0.2) is 0 Å². The molecule has 102 valence electrons. The second-order valence-corrected chi connectivity index (χ2v) is 6.08. The van der Waals surface area contributed by atoms with E-state index in [4.69, 9.17) is 0 Å². The Morgan fingerprint density at radius 2 is 1.83 bits per heavy atom. The van der Waals surface area contributed by atoms with Crippen molar-refractivity contribution in [3.8, 4) is 0 Å². The van der Waals surface area contributed by atoms with Gasteiger partial charge < -0.3 is 4.90 Å². The maximum Gasteiger partial charge on any atom is 0.222 e. The standard InChI is InChI=1S/C15H25NO2/c1-2-3-4-5-6-14(18)16-9-7-15(8-10-16)11-13(17)12-15/h2-12H2,1H3. The van der Waals surface area contributed by atoms with Crippen LogP contribution >= 0.6 is 0 Å². The molecule has 0 unspecified atom stereocenters. The first-order valence-corrected chi connectivity index (χ1v) is 7.45. The van der Waals surface area contributed by atoms with E-state index in [-0.39, 0.29) is 5.41 Å². The van der Waals surface area contributed by atoms with Crippen LogP contribution in [-0.4, -0.2) is 29.7 Å². The van der Waals surface area contributed by atoms with E-state index in [2.05, 4.69) is 6.92 Å². The molecular weight excluding hydrogens is 226 g/mol. The highest BCUT2D eigenvalue weighted by atomic mass is 16.2. The molecule has 0 aromatic heterocycles. The molecule has 1 saturated heterocycles. The van der Waals surface area contributed by atoms with Gasteiger partial charge in [0.25, 0.3) is 0 Å². The van der Waals surface area contributed by atoms with Crippen LogP contribution in [0.25, 0.3) is 0 Å². The van der Waals surface area contributed by atoms with E-state index in [1.807, 2.05) is 4.90 Å². The second-order valence-electron chi connectivity index (χ2n) is 6.08. The molecule has 18 heavy (non-hydrogen) atoms. The number of hydrogen-bond donors (Lipinski definition) is 0. The molecular formula is C15H25NO2. The van der Waals surface area contributed by atoms with Gasteiger partial charge in [0.15, 0.2) is 0 Å². The number of unbranched alkanes of at least 4 members (excludes halogenated alkanes) is 3. The van der Waals surface area contributed by atoms with Gasteiger partial charge >= 0.3 is 0 Å². The topological polar surface area (TPSA) is 37.4 Å². The van der Waals surface area contributed by atoms with Gasteiger partial charge in [0.2, 0.25) is 5.91 Å². The van der Waals surface area contributed by atoms with Crippen molar-refractivity contribution in [3.05, 3.63) is 0 Å². The second kappa shape index (κ2) is 5.85. The van der Waals surface area contributed by atoms with Crippen LogP contribution in [0.3, 0.4) is 0 Å². The smallest absolute Gasteiger partial charge is 0.222 e. The highest BCUT2D eigenvalue weighted by Crippen LogP contribution is 2.46. The lowest BCUT2D eigenvalue weighted by atomic mass is 9.62. The number of ketones is 1. The average Bonchev–Trinajstić information content (AvgIpc) is 2.34. The number of hydrogen-bond acceptors (Lipinski definition) is 2. The molecule has 1 heterocycles. The first-order valence-electron chi connectivity index (χ1n) is 7.45. The summed E-state index contributed by atoms with van der Waals surface area (Å²) >= 11 is 0. The summed E-state index contributed by atoms with van der Waals surface area (Å²) in [6.45, 7) is 3.94.